The van der Waals surface area contributed by atoms with Gasteiger partial charge in [0, 0.05) is 13.3 Å². The van der Waals surface area contributed by atoms with E-state index < -0.39 is 23.9 Å². The highest BCUT2D eigenvalue weighted by Crippen LogP contribution is 2.21. The topological polar surface area (TPSA) is 88.4 Å². The summed E-state index contributed by atoms with van der Waals surface area (Å²) in [4.78, 5) is 15.3. The van der Waals surface area contributed by atoms with Gasteiger partial charge in [-0.05, 0) is 38.5 Å². The number of carbonyl (C=O) groups excluding carboxylic acids is 1. The molecule has 0 saturated heterocycles. The summed E-state index contributed by atoms with van der Waals surface area (Å²) in [5.74, 6) is -0.545. The summed E-state index contributed by atoms with van der Waals surface area (Å²) in [6, 6.07) is 6.19. The molecule has 116 valence electrons. The average molecular weight is 295 g/mol. The van der Waals surface area contributed by atoms with Crippen molar-refractivity contribution in [1.82, 2.24) is 0 Å². The van der Waals surface area contributed by atoms with Gasteiger partial charge in [-0.25, -0.2) is 4.79 Å². The maximum Gasteiger partial charge on any atom is 0.433 e. The number of ether oxygens (including phenoxy) is 2. The summed E-state index contributed by atoms with van der Waals surface area (Å²) in [7, 11) is 1.35. The predicted molar refractivity (Wildman–Crippen MR) is 78.6 cm³/mol. The van der Waals surface area contributed by atoms with Crippen molar-refractivity contribution in [3.8, 4) is 5.75 Å². The molecule has 1 rings (SSSR count). The Bertz CT molecular complexity index is 490. The van der Waals surface area contributed by atoms with Crippen molar-refractivity contribution in [2.75, 3.05) is 7.11 Å². The molecule has 1 amide bonds. The van der Waals surface area contributed by atoms with Gasteiger partial charge in [0.2, 0.25) is 0 Å². The van der Waals surface area contributed by atoms with Crippen LogP contribution in [0.25, 0.3) is 0 Å². The van der Waals surface area contributed by atoms with E-state index in [2.05, 4.69) is 4.99 Å². The molecule has 6 heteroatoms. The molecule has 0 bridgehead atoms. The normalized spacial score (nSPS) is 14.9. The number of nitrogens with zero attached hydrogens (tertiary/aromatic N) is 1. The first kappa shape index (κ1) is 17.1. The second-order valence-electron chi connectivity index (χ2n) is 5.50. The third kappa shape index (κ3) is 5.93. The van der Waals surface area contributed by atoms with Crippen LogP contribution in [0.5, 0.6) is 5.75 Å². The van der Waals surface area contributed by atoms with E-state index in [4.69, 9.17) is 9.47 Å². The SMILES string of the molecule is COC(O)C(/C=N/C(=O)OC(C)(C)C)c1ccc(O)cc1. The van der Waals surface area contributed by atoms with E-state index in [0.717, 1.165) is 0 Å². The van der Waals surface area contributed by atoms with Gasteiger partial charge in [0.25, 0.3) is 0 Å². The molecule has 0 saturated carbocycles. The zero-order valence-corrected chi connectivity index (χ0v) is 12.6. The molecule has 6 nitrogen and oxygen atoms in total. The van der Waals surface area contributed by atoms with Gasteiger partial charge in [0.15, 0.2) is 6.29 Å². The number of hydrogen-bond donors (Lipinski definition) is 2. The number of aliphatic imine (C=N–C) groups is 1. The van der Waals surface area contributed by atoms with Gasteiger partial charge in [-0.1, -0.05) is 12.1 Å². The number of benzene rings is 1. The van der Waals surface area contributed by atoms with Crippen LogP contribution in [0.3, 0.4) is 0 Å². The third-order valence-corrected chi connectivity index (χ3v) is 2.56. The first-order valence-corrected chi connectivity index (χ1v) is 6.50. The van der Waals surface area contributed by atoms with Gasteiger partial charge >= 0.3 is 6.09 Å². The molecule has 0 aliphatic rings. The molecule has 0 fully saturated rings. The first-order chi connectivity index (χ1) is 9.73. The molecule has 0 radical (unpaired) electrons. The Morgan fingerprint density at radius 1 is 1.29 bits per heavy atom. The van der Waals surface area contributed by atoms with Crippen LogP contribution >= 0.6 is 0 Å². The monoisotopic (exact) mass is 295 g/mol. The maximum atomic E-state index is 11.6. The number of hydrogen-bond acceptors (Lipinski definition) is 5. The zero-order valence-electron chi connectivity index (χ0n) is 12.6. The molecule has 0 spiro atoms. The minimum atomic E-state index is -1.17. The Hall–Kier alpha value is -1.92. The van der Waals surface area contributed by atoms with Crippen LogP contribution in [0, 0.1) is 0 Å². The summed E-state index contributed by atoms with van der Waals surface area (Å²) < 4.78 is 9.94. The molecule has 1 aromatic rings. The number of amides is 1. The molecule has 2 unspecified atom stereocenters. The van der Waals surface area contributed by atoms with E-state index in [0.29, 0.717) is 5.56 Å². The fourth-order valence-corrected chi connectivity index (χ4v) is 1.60. The zero-order chi connectivity index (χ0) is 16.0. The Morgan fingerprint density at radius 3 is 2.33 bits per heavy atom. The van der Waals surface area contributed by atoms with E-state index in [-0.39, 0.29) is 5.75 Å². The van der Waals surface area contributed by atoms with Crippen LogP contribution < -0.4 is 0 Å². The van der Waals surface area contributed by atoms with Gasteiger partial charge in [0.1, 0.15) is 11.4 Å². The molecule has 0 heterocycles. The maximum absolute atomic E-state index is 11.6. The highest BCUT2D eigenvalue weighted by Gasteiger charge is 2.21. The fourth-order valence-electron chi connectivity index (χ4n) is 1.60. The number of rotatable bonds is 4. The van der Waals surface area contributed by atoms with Crippen LogP contribution in [0.2, 0.25) is 0 Å². The van der Waals surface area contributed by atoms with Gasteiger partial charge in [-0.3, -0.25) is 0 Å². The molecular weight excluding hydrogens is 274 g/mol. The second-order valence-corrected chi connectivity index (χ2v) is 5.50. The van der Waals surface area contributed by atoms with Crippen LogP contribution in [-0.2, 0) is 9.47 Å². The van der Waals surface area contributed by atoms with Crippen molar-refractivity contribution < 1.29 is 24.5 Å². The standard InChI is InChI=1S/C15H21NO5/c1-15(2,3)21-14(19)16-9-12(13(18)20-4)10-5-7-11(17)8-6-10/h5-9,12-13,17-18H,1-4H3/b16-9+. The minimum absolute atomic E-state index is 0.105. The van der Waals surface area contributed by atoms with Crippen LogP contribution in [0.15, 0.2) is 29.3 Å². The van der Waals surface area contributed by atoms with E-state index in [1.54, 1.807) is 32.9 Å². The van der Waals surface area contributed by atoms with E-state index in [1.807, 2.05) is 0 Å². The van der Waals surface area contributed by atoms with Gasteiger partial charge in [-0.15, -0.1) is 0 Å². The average Bonchev–Trinajstić information content (AvgIpc) is 2.38. The quantitative estimate of drug-likeness (QED) is 0.658. The lowest BCUT2D eigenvalue weighted by Gasteiger charge is -2.19. The van der Waals surface area contributed by atoms with Gasteiger partial charge in [0.05, 0.1) is 5.92 Å². The van der Waals surface area contributed by atoms with E-state index in [9.17, 15) is 15.0 Å². The molecule has 1 aromatic carbocycles. The Balaban J connectivity index is 2.89. The molecule has 0 aromatic heterocycles. The fraction of sp³-hybridized carbons (Fsp3) is 0.467. The molecule has 0 aliphatic carbocycles. The second kappa shape index (κ2) is 7.19. The van der Waals surface area contributed by atoms with Crippen LogP contribution in [0.1, 0.15) is 32.3 Å². The van der Waals surface area contributed by atoms with Gasteiger partial charge in [-0.2, -0.15) is 4.99 Å². The summed E-state index contributed by atoms with van der Waals surface area (Å²) in [6.45, 7) is 5.21. The summed E-state index contributed by atoms with van der Waals surface area (Å²) in [5.41, 5.74) is 0.0111. The lowest BCUT2D eigenvalue weighted by Crippen LogP contribution is -2.24. The molecule has 21 heavy (non-hydrogen) atoms. The number of aromatic hydroxyl groups is 1. The van der Waals surface area contributed by atoms with Crippen molar-refractivity contribution in [2.45, 2.75) is 38.6 Å². The lowest BCUT2D eigenvalue weighted by atomic mass is 9.99. The molecule has 2 N–H and O–H groups in total. The molecule has 2 atom stereocenters. The largest absolute Gasteiger partial charge is 0.508 e. The Kier molecular flexibility index (Phi) is 5.87. The van der Waals surface area contributed by atoms with Crippen molar-refractivity contribution in [3.63, 3.8) is 0 Å². The third-order valence-electron chi connectivity index (χ3n) is 2.56. The number of phenolic OH excluding ortho intramolecular Hbond substituents is 1. The van der Waals surface area contributed by atoms with E-state index in [1.165, 1.54) is 25.5 Å². The van der Waals surface area contributed by atoms with Crippen molar-refractivity contribution in [3.05, 3.63) is 29.8 Å². The first-order valence-electron chi connectivity index (χ1n) is 6.50. The summed E-state index contributed by atoms with van der Waals surface area (Å²) in [6.07, 6.45) is -0.635. The van der Waals surface area contributed by atoms with Gasteiger partial charge < -0.3 is 19.7 Å². The van der Waals surface area contributed by atoms with E-state index >= 15 is 0 Å². The summed E-state index contributed by atoms with van der Waals surface area (Å²) in [5, 5.41) is 19.1. The minimum Gasteiger partial charge on any atom is -0.508 e. The number of phenols is 1. The number of aliphatic hydroxyl groups is 1. The summed E-state index contributed by atoms with van der Waals surface area (Å²) >= 11 is 0. The molecular formula is C15H21NO5. The Morgan fingerprint density at radius 2 is 1.86 bits per heavy atom. The number of aliphatic hydroxyl groups excluding tert-OH is 1. The van der Waals surface area contributed by atoms with Crippen molar-refractivity contribution in [2.24, 2.45) is 4.99 Å². The van der Waals surface area contributed by atoms with Crippen molar-refractivity contribution >= 4 is 12.3 Å². The number of methoxy groups -OCH3 is 1. The Labute approximate surface area is 124 Å². The van der Waals surface area contributed by atoms with Crippen LogP contribution in [0.4, 0.5) is 4.79 Å². The smallest absolute Gasteiger partial charge is 0.433 e. The predicted octanol–water partition coefficient (Wildman–Crippen LogP) is 2.45. The lowest BCUT2D eigenvalue weighted by molar-refractivity contribution is -0.0776. The number of carbonyl (C=O) groups is 1. The highest BCUT2D eigenvalue weighted by molar-refractivity contribution is 5.83. The van der Waals surface area contributed by atoms with Crippen LogP contribution in [-0.4, -0.2) is 41.5 Å². The highest BCUT2D eigenvalue weighted by atomic mass is 16.6. The van der Waals surface area contributed by atoms with Crippen molar-refractivity contribution in [1.29, 1.82) is 0 Å². The molecule has 0 aliphatic heterocycles.